The Hall–Kier alpha value is -0.930. The van der Waals surface area contributed by atoms with Crippen molar-refractivity contribution in [1.82, 2.24) is 0 Å². The molecule has 0 atom stereocenters. The summed E-state index contributed by atoms with van der Waals surface area (Å²) < 4.78 is 59.7. The van der Waals surface area contributed by atoms with E-state index in [0.29, 0.717) is 132 Å². The van der Waals surface area contributed by atoms with E-state index in [9.17, 15) is 4.79 Å². The van der Waals surface area contributed by atoms with Gasteiger partial charge in [-0.3, -0.25) is 4.79 Å². The van der Waals surface area contributed by atoms with E-state index in [1.165, 1.54) is 32.1 Å². The van der Waals surface area contributed by atoms with E-state index in [1.54, 1.807) is 0 Å². The van der Waals surface area contributed by atoms with Gasteiger partial charge in [-0.05, 0) is 12.8 Å². The third-order valence-electron chi connectivity index (χ3n) is 5.94. The van der Waals surface area contributed by atoms with Crippen molar-refractivity contribution in [1.29, 1.82) is 0 Å². The number of unbranched alkanes of at least 4 members (excludes halogenated alkanes) is 5. The Morgan fingerprint density at radius 2 is 0.591 bits per heavy atom. The molecule has 0 heterocycles. The summed E-state index contributed by atoms with van der Waals surface area (Å²) in [6.45, 7) is 15.1. The SMILES string of the molecule is CCCCCCCCOCCOCCOCCOCCOCCOCCOCCOCCOCCOCCOC(=O)CCC. The molecule has 0 N–H and O–H groups in total. The first-order valence-electron chi connectivity index (χ1n) is 16.7. The first-order valence-corrected chi connectivity index (χ1v) is 16.7. The zero-order chi connectivity index (χ0) is 31.9. The van der Waals surface area contributed by atoms with Crippen molar-refractivity contribution in [3.8, 4) is 0 Å². The van der Waals surface area contributed by atoms with Crippen LogP contribution in [0, 0.1) is 0 Å². The zero-order valence-electron chi connectivity index (χ0n) is 27.9. The minimum absolute atomic E-state index is 0.185. The standard InChI is InChI=1S/C32H64O12/c1-3-5-6-7-8-9-11-34-12-13-35-14-15-36-16-17-37-18-19-38-20-21-39-22-23-40-24-25-41-26-27-42-28-29-43-30-31-44-32(33)10-4-2/h3-31H2,1-2H3. The number of hydrogen-bond donors (Lipinski definition) is 0. The summed E-state index contributed by atoms with van der Waals surface area (Å²) in [5, 5.41) is 0. The van der Waals surface area contributed by atoms with Gasteiger partial charge in [0.2, 0.25) is 0 Å². The van der Waals surface area contributed by atoms with Crippen LogP contribution in [-0.2, 0) is 56.9 Å². The number of hydrogen-bond acceptors (Lipinski definition) is 12. The van der Waals surface area contributed by atoms with Crippen molar-refractivity contribution in [3.63, 3.8) is 0 Å². The molecule has 0 aliphatic heterocycles. The van der Waals surface area contributed by atoms with Gasteiger partial charge in [0.05, 0.1) is 126 Å². The predicted molar refractivity (Wildman–Crippen MR) is 167 cm³/mol. The maximum absolute atomic E-state index is 11.2. The highest BCUT2D eigenvalue weighted by molar-refractivity contribution is 5.69. The first kappa shape index (κ1) is 43.1. The fourth-order valence-electron chi connectivity index (χ4n) is 3.56. The Kier molecular flexibility index (Phi) is 39.2. The lowest BCUT2D eigenvalue weighted by atomic mass is 10.1. The molecule has 0 radical (unpaired) electrons. The van der Waals surface area contributed by atoms with Crippen molar-refractivity contribution in [3.05, 3.63) is 0 Å². The van der Waals surface area contributed by atoms with Gasteiger partial charge in [-0.1, -0.05) is 46.0 Å². The summed E-state index contributed by atoms with van der Waals surface area (Å²) in [5.41, 5.74) is 0. The summed E-state index contributed by atoms with van der Waals surface area (Å²) in [6, 6.07) is 0. The highest BCUT2D eigenvalue weighted by Crippen LogP contribution is 2.04. The molecule has 0 spiro atoms. The molecule has 264 valence electrons. The van der Waals surface area contributed by atoms with Gasteiger partial charge in [-0.25, -0.2) is 0 Å². The van der Waals surface area contributed by atoms with E-state index < -0.39 is 0 Å². The Labute approximate surface area is 266 Å². The van der Waals surface area contributed by atoms with Crippen LogP contribution >= 0.6 is 0 Å². The van der Waals surface area contributed by atoms with Gasteiger partial charge in [0.15, 0.2) is 0 Å². The molecule has 0 bridgehead atoms. The van der Waals surface area contributed by atoms with E-state index in [2.05, 4.69) is 6.92 Å². The molecule has 0 saturated carbocycles. The van der Waals surface area contributed by atoms with Crippen molar-refractivity contribution >= 4 is 5.97 Å². The molecule has 0 aromatic heterocycles. The molecule has 0 aromatic rings. The van der Waals surface area contributed by atoms with E-state index in [1.807, 2.05) is 6.92 Å². The molecule has 0 saturated heterocycles. The third kappa shape index (κ3) is 39.1. The topological polar surface area (TPSA) is 119 Å². The lowest BCUT2D eigenvalue weighted by Crippen LogP contribution is -2.15. The fraction of sp³-hybridized carbons (Fsp3) is 0.969. The van der Waals surface area contributed by atoms with Crippen LogP contribution in [0.5, 0.6) is 0 Å². The molecule has 0 amide bonds. The van der Waals surface area contributed by atoms with Gasteiger partial charge >= 0.3 is 5.97 Å². The molecule has 0 rings (SSSR count). The lowest BCUT2D eigenvalue weighted by Gasteiger charge is -2.09. The molecule has 0 aliphatic carbocycles. The second-order valence-electron chi connectivity index (χ2n) is 9.86. The average Bonchev–Trinajstić information content (AvgIpc) is 3.02. The Balaban J connectivity index is 3.05. The van der Waals surface area contributed by atoms with Crippen LogP contribution in [0.25, 0.3) is 0 Å². The first-order chi connectivity index (χ1) is 21.8. The van der Waals surface area contributed by atoms with Crippen molar-refractivity contribution < 1.29 is 56.9 Å². The highest BCUT2D eigenvalue weighted by Gasteiger charge is 2.00. The van der Waals surface area contributed by atoms with E-state index >= 15 is 0 Å². The highest BCUT2D eigenvalue weighted by atomic mass is 16.6. The molecule has 12 nitrogen and oxygen atoms in total. The van der Waals surface area contributed by atoms with Gasteiger partial charge in [0, 0.05) is 13.0 Å². The molecular formula is C32H64O12. The number of carbonyl (C=O) groups is 1. The van der Waals surface area contributed by atoms with Gasteiger partial charge in [-0.15, -0.1) is 0 Å². The van der Waals surface area contributed by atoms with Crippen LogP contribution in [0.3, 0.4) is 0 Å². The molecule has 0 aromatic carbocycles. The van der Waals surface area contributed by atoms with Crippen LogP contribution in [0.4, 0.5) is 0 Å². The van der Waals surface area contributed by atoms with Crippen LogP contribution in [0.1, 0.15) is 65.2 Å². The van der Waals surface area contributed by atoms with Gasteiger partial charge < -0.3 is 52.1 Å². The quantitative estimate of drug-likeness (QED) is 0.0717. The van der Waals surface area contributed by atoms with Crippen molar-refractivity contribution in [2.75, 3.05) is 139 Å². The summed E-state index contributed by atoms with van der Waals surface area (Å²) in [6.07, 6.45) is 8.91. The Morgan fingerprint density at radius 3 is 0.909 bits per heavy atom. The van der Waals surface area contributed by atoms with Crippen LogP contribution in [0.15, 0.2) is 0 Å². The fourth-order valence-corrected chi connectivity index (χ4v) is 3.56. The van der Waals surface area contributed by atoms with E-state index in [0.717, 1.165) is 19.4 Å². The normalized spacial score (nSPS) is 11.4. The van der Waals surface area contributed by atoms with E-state index in [-0.39, 0.29) is 12.6 Å². The summed E-state index contributed by atoms with van der Waals surface area (Å²) in [7, 11) is 0. The van der Waals surface area contributed by atoms with Gasteiger partial charge in [0.1, 0.15) is 6.61 Å². The minimum atomic E-state index is -0.185. The molecule has 12 heteroatoms. The van der Waals surface area contributed by atoms with Crippen LogP contribution in [0.2, 0.25) is 0 Å². The molecule has 0 aliphatic rings. The minimum Gasteiger partial charge on any atom is -0.463 e. The smallest absolute Gasteiger partial charge is 0.305 e. The summed E-state index contributed by atoms with van der Waals surface area (Å²) in [5.74, 6) is -0.185. The van der Waals surface area contributed by atoms with E-state index in [4.69, 9.17) is 52.1 Å². The number of rotatable bonds is 39. The summed E-state index contributed by atoms with van der Waals surface area (Å²) >= 11 is 0. The van der Waals surface area contributed by atoms with Crippen LogP contribution < -0.4 is 0 Å². The molecule has 0 unspecified atom stereocenters. The maximum Gasteiger partial charge on any atom is 0.305 e. The second-order valence-corrected chi connectivity index (χ2v) is 9.86. The van der Waals surface area contributed by atoms with Crippen LogP contribution in [-0.4, -0.2) is 145 Å². The largest absolute Gasteiger partial charge is 0.463 e. The molecule has 44 heavy (non-hydrogen) atoms. The zero-order valence-corrected chi connectivity index (χ0v) is 27.9. The average molecular weight is 641 g/mol. The van der Waals surface area contributed by atoms with Crippen molar-refractivity contribution in [2.45, 2.75) is 65.2 Å². The number of ether oxygens (including phenoxy) is 11. The van der Waals surface area contributed by atoms with Gasteiger partial charge in [-0.2, -0.15) is 0 Å². The molecule has 0 fully saturated rings. The predicted octanol–water partition coefficient (Wildman–Crippen LogP) is 3.86. The Morgan fingerprint density at radius 1 is 0.318 bits per heavy atom. The Bertz CT molecular complexity index is 541. The monoisotopic (exact) mass is 640 g/mol. The number of carbonyl (C=O) groups excluding carboxylic acids is 1. The lowest BCUT2D eigenvalue weighted by molar-refractivity contribution is -0.145. The molecular weight excluding hydrogens is 576 g/mol. The second kappa shape index (κ2) is 40.1. The maximum atomic E-state index is 11.2. The third-order valence-corrected chi connectivity index (χ3v) is 5.94. The summed E-state index contributed by atoms with van der Waals surface area (Å²) in [4.78, 5) is 11.2. The van der Waals surface area contributed by atoms with Crippen molar-refractivity contribution in [2.24, 2.45) is 0 Å². The van der Waals surface area contributed by atoms with Gasteiger partial charge in [0.25, 0.3) is 0 Å². The number of esters is 1.